The standard InChI is InChI=1S/C14H25N3O/c1-11(2)10-16-5-7-17(8-6-16)14(18)12-3-4-13(15)9-12/h3-4,11-13H,5-10,15H2,1-2H3. The van der Waals surface area contributed by atoms with Gasteiger partial charge in [-0.1, -0.05) is 26.0 Å². The number of nitrogens with zero attached hydrogens (tertiary/aromatic N) is 2. The van der Waals surface area contributed by atoms with E-state index >= 15 is 0 Å². The first-order valence-corrected chi connectivity index (χ1v) is 7.01. The highest BCUT2D eigenvalue weighted by Gasteiger charge is 2.29. The Morgan fingerprint density at radius 1 is 1.28 bits per heavy atom. The fraction of sp³-hybridized carbons (Fsp3) is 0.786. The minimum Gasteiger partial charge on any atom is -0.340 e. The first kappa shape index (κ1) is 13.6. The Morgan fingerprint density at radius 3 is 2.44 bits per heavy atom. The molecule has 0 spiro atoms. The van der Waals surface area contributed by atoms with Gasteiger partial charge in [0.05, 0.1) is 5.92 Å². The SMILES string of the molecule is CC(C)CN1CCN(C(=O)C2C=CC(N)C2)CC1. The zero-order valence-corrected chi connectivity index (χ0v) is 11.5. The molecule has 1 fully saturated rings. The minimum atomic E-state index is 0.0247. The summed E-state index contributed by atoms with van der Waals surface area (Å²) in [5.41, 5.74) is 5.80. The average Bonchev–Trinajstić information content (AvgIpc) is 2.75. The molecule has 0 aromatic heterocycles. The van der Waals surface area contributed by atoms with Gasteiger partial charge in [-0.2, -0.15) is 0 Å². The van der Waals surface area contributed by atoms with Crippen molar-refractivity contribution in [3.05, 3.63) is 12.2 Å². The van der Waals surface area contributed by atoms with Gasteiger partial charge in [-0.3, -0.25) is 9.69 Å². The van der Waals surface area contributed by atoms with E-state index in [1.807, 2.05) is 17.1 Å². The van der Waals surface area contributed by atoms with Crippen LogP contribution in [-0.4, -0.2) is 54.5 Å². The monoisotopic (exact) mass is 251 g/mol. The highest BCUT2D eigenvalue weighted by Crippen LogP contribution is 2.20. The lowest BCUT2D eigenvalue weighted by atomic mass is 10.1. The van der Waals surface area contributed by atoms with Crippen molar-refractivity contribution in [3.8, 4) is 0 Å². The third-order valence-corrected chi connectivity index (χ3v) is 3.74. The summed E-state index contributed by atoms with van der Waals surface area (Å²) in [6, 6.07) is 0.0705. The molecule has 0 aromatic carbocycles. The molecule has 1 amide bonds. The molecule has 18 heavy (non-hydrogen) atoms. The van der Waals surface area contributed by atoms with Gasteiger partial charge in [0.1, 0.15) is 0 Å². The number of piperazine rings is 1. The van der Waals surface area contributed by atoms with Crippen LogP contribution in [0.2, 0.25) is 0 Å². The summed E-state index contributed by atoms with van der Waals surface area (Å²) >= 11 is 0. The molecule has 2 aliphatic rings. The summed E-state index contributed by atoms with van der Waals surface area (Å²) in [4.78, 5) is 16.7. The van der Waals surface area contributed by atoms with Crippen LogP contribution in [0.4, 0.5) is 0 Å². The molecule has 1 aliphatic carbocycles. The van der Waals surface area contributed by atoms with E-state index in [4.69, 9.17) is 5.73 Å². The predicted octanol–water partition coefficient (Wildman–Crippen LogP) is 0.690. The normalized spacial score (nSPS) is 29.2. The topological polar surface area (TPSA) is 49.6 Å². The molecule has 2 N–H and O–H groups in total. The summed E-state index contributed by atoms with van der Waals surface area (Å²) in [5, 5.41) is 0. The number of carbonyl (C=O) groups excluding carboxylic acids is 1. The third kappa shape index (κ3) is 3.33. The van der Waals surface area contributed by atoms with Crippen LogP contribution >= 0.6 is 0 Å². The fourth-order valence-corrected chi connectivity index (χ4v) is 2.81. The lowest BCUT2D eigenvalue weighted by Crippen LogP contribution is -2.50. The van der Waals surface area contributed by atoms with Crippen LogP contribution in [-0.2, 0) is 4.79 Å². The van der Waals surface area contributed by atoms with Crippen molar-refractivity contribution in [1.82, 2.24) is 9.80 Å². The van der Waals surface area contributed by atoms with E-state index in [-0.39, 0.29) is 17.9 Å². The van der Waals surface area contributed by atoms with Crippen LogP contribution in [0.3, 0.4) is 0 Å². The Bertz CT molecular complexity index is 319. The van der Waals surface area contributed by atoms with Crippen LogP contribution in [0.25, 0.3) is 0 Å². The maximum atomic E-state index is 12.3. The van der Waals surface area contributed by atoms with Crippen molar-refractivity contribution in [3.63, 3.8) is 0 Å². The molecule has 102 valence electrons. The molecule has 4 heteroatoms. The molecule has 2 unspecified atom stereocenters. The lowest BCUT2D eigenvalue weighted by molar-refractivity contribution is -0.135. The molecular formula is C14H25N3O. The van der Waals surface area contributed by atoms with Crippen molar-refractivity contribution in [2.45, 2.75) is 26.3 Å². The molecule has 1 saturated heterocycles. The predicted molar refractivity (Wildman–Crippen MR) is 73.1 cm³/mol. The van der Waals surface area contributed by atoms with Crippen LogP contribution in [0.5, 0.6) is 0 Å². The van der Waals surface area contributed by atoms with Crippen LogP contribution in [0, 0.1) is 11.8 Å². The number of nitrogens with two attached hydrogens (primary N) is 1. The summed E-state index contributed by atoms with van der Waals surface area (Å²) in [6.07, 6.45) is 4.72. The number of hydrogen-bond donors (Lipinski definition) is 1. The van der Waals surface area contributed by atoms with Crippen molar-refractivity contribution >= 4 is 5.91 Å². The van der Waals surface area contributed by atoms with Gasteiger partial charge in [0.2, 0.25) is 5.91 Å². The largest absolute Gasteiger partial charge is 0.340 e. The maximum absolute atomic E-state index is 12.3. The Hall–Kier alpha value is -0.870. The Balaban J connectivity index is 1.79. The third-order valence-electron chi connectivity index (χ3n) is 3.74. The fourth-order valence-electron chi connectivity index (χ4n) is 2.81. The van der Waals surface area contributed by atoms with Gasteiger partial charge in [0.15, 0.2) is 0 Å². The van der Waals surface area contributed by atoms with Gasteiger partial charge in [-0.25, -0.2) is 0 Å². The van der Waals surface area contributed by atoms with Crippen molar-refractivity contribution in [1.29, 1.82) is 0 Å². The van der Waals surface area contributed by atoms with Gasteiger partial charge in [-0.15, -0.1) is 0 Å². The second kappa shape index (κ2) is 5.85. The van der Waals surface area contributed by atoms with Crippen molar-refractivity contribution in [2.75, 3.05) is 32.7 Å². The molecule has 0 radical (unpaired) electrons. The smallest absolute Gasteiger partial charge is 0.229 e. The zero-order valence-electron chi connectivity index (χ0n) is 11.5. The van der Waals surface area contributed by atoms with E-state index in [9.17, 15) is 4.79 Å². The first-order valence-electron chi connectivity index (χ1n) is 7.01. The summed E-state index contributed by atoms with van der Waals surface area (Å²) in [7, 11) is 0. The van der Waals surface area contributed by atoms with Crippen LogP contribution < -0.4 is 5.73 Å². The van der Waals surface area contributed by atoms with Crippen molar-refractivity contribution < 1.29 is 4.79 Å². The molecule has 2 rings (SSSR count). The molecule has 0 aromatic rings. The average molecular weight is 251 g/mol. The highest BCUT2D eigenvalue weighted by atomic mass is 16.2. The number of rotatable bonds is 3. The second-order valence-electron chi connectivity index (χ2n) is 5.91. The number of amides is 1. The first-order chi connectivity index (χ1) is 8.56. The van der Waals surface area contributed by atoms with Gasteiger partial charge in [0, 0.05) is 38.8 Å². The lowest BCUT2D eigenvalue weighted by Gasteiger charge is -2.36. The van der Waals surface area contributed by atoms with E-state index in [0.29, 0.717) is 5.92 Å². The number of carbonyl (C=O) groups is 1. The molecule has 0 bridgehead atoms. The van der Waals surface area contributed by atoms with Crippen LogP contribution in [0.1, 0.15) is 20.3 Å². The van der Waals surface area contributed by atoms with E-state index in [0.717, 1.165) is 39.1 Å². The van der Waals surface area contributed by atoms with Crippen LogP contribution in [0.15, 0.2) is 12.2 Å². The highest BCUT2D eigenvalue weighted by molar-refractivity contribution is 5.81. The van der Waals surface area contributed by atoms with E-state index in [2.05, 4.69) is 18.7 Å². The minimum absolute atomic E-state index is 0.0247. The summed E-state index contributed by atoms with van der Waals surface area (Å²) in [5.74, 6) is 0.989. The van der Waals surface area contributed by atoms with E-state index < -0.39 is 0 Å². The molecule has 4 nitrogen and oxygen atoms in total. The summed E-state index contributed by atoms with van der Waals surface area (Å²) in [6.45, 7) is 9.36. The maximum Gasteiger partial charge on any atom is 0.229 e. The number of hydrogen-bond acceptors (Lipinski definition) is 3. The quantitative estimate of drug-likeness (QED) is 0.751. The molecule has 2 atom stereocenters. The van der Waals surface area contributed by atoms with Gasteiger partial charge < -0.3 is 10.6 Å². The second-order valence-corrected chi connectivity index (χ2v) is 5.91. The van der Waals surface area contributed by atoms with Gasteiger partial charge >= 0.3 is 0 Å². The molecular weight excluding hydrogens is 226 g/mol. The van der Waals surface area contributed by atoms with E-state index in [1.54, 1.807) is 0 Å². The summed E-state index contributed by atoms with van der Waals surface area (Å²) < 4.78 is 0. The molecule has 1 aliphatic heterocycles. The Kier molecular flexibility index (Phi) is 4.40. The Morgan fingerprint density at radius 2 is 1.94 bits per heavy atom. The Labute approximate surface area is 110 Å². The van der Waals surface area contributed by atoms with Gasteiger partial charge in [-0.05, 0) is 12.3 Å². The van der Waals surface area contributed by atoms with Gasteiger partial charge in [0.25, 0.3) is 0 Å². The van der Waals surface area contributed by atoms with E-state index in [1.165, 1.54) is 0 Å². The molecule has 0 saturated carbocycles. The zero-order chi connectivity index (χ0) is 13.1. The molecule has 1 heterocycles. The van der Waals surface area contributed by atoms with Crippen molar-refractivity contribution in [2.24, 2.45) is 17.6 Å².